The van der Waals surface area contributed by atoms with Crippen LogP contribution in [0.1, 0.15) is 0 Å². The third-order valence-electron chi connectivity index (χ3n) is 11.1. The van der Waals surface area contributed by atoms with E-state index in [0.717, 1.165) is 61.0 Å². The Kier molecular flexibility index (Phi) is 6.61. The highest BCUT2D eigenvalue weighted by Gasteiger charge is 2.22. The molecule has 0 aliphatic heterocycles. The van der Waals surface area contributed by atoms with Gasteiger partial charge in [-0.15, -0.1) is 0 Å². The normalized spacial score (nSPS) is 11.6. The Hall–Kier alpha value is -7.86. The SMILES string of the molecule is [C-]#[N+]c1ccc2c(c1)c1ccccc1n2-c1c([N+]#[C-])cccc1-c1ccc(-n2c3ccccc3c3cccc(-n4c5ccccc5c5ccccc54)c32)cc1. The zero-order chi connectivity index (χ0) is 36.6. The van der Waals surface area contributed by atoms with E-state index in [1.807, 2.05) is 42.5 Å². The van der Waals surface area contributed by atoms with E-state index in [-0.39, 0.29) is 0 Å². The van der Waals surface area contributed by atoms with E-state index in [1.165, 1.54) is 32.6 Å². The Morgan fingerprint density at radius 2 is 0.909 bits per heavy atom. The standard InChI is InChI=1S/C50H29N5/c1-51-33-27-30-47-41(31-33)39-16-6-10-23-46(39)55(47)49-35(17-11-19-42(49)52-2)32-25-28-34(29-26-32)53-43-20-7-5-15-38(43)40-18-12-24-48(50(40)53)54-44-21-8-3-13-36(44)37-14-4-9-22-45(37)54/h3-31H. The molecule has 0 unspecified atom stereocenters. The fraction of sp³-hybridized carbons (Fsp3) is 0. The van der Waals surface area contributed by atoms with E-state index in [2.05, 4.69) is 157 Å². The van der Waals surface area contributed by atoms with Gasteiger partial charge in [0.1, 0.15) is 0 Å². The zero-order valence-corrected chi connectivity index (χ0v) is 29.5. The van der Waals surface area contributed by atoms with Crippen molar-refractivity contribution in [2.45, 2.75) is 0 Å². The van der Waals surface area contributed by atoms with Crippen LogP contribution in [0.15, 0.2) is 176 Å². The summed E-state index contributed by atoms with van der Waals surface area (Å²) in [5, 5.41) is 6.90. The molecule has 0 bridgehead atoms. The number of rotatable bonds is 4. The molecule has 254 valence electrons. The Labute approximate surface area is 316 Å². The van der Waals surface area contributed by atoms with Gasteiger partial charge >= 0.3 is 0 Å². The summed E-state index contributed by atoms with van der Waals surface area (Å²) in [6, 6.07) is 61.4. The molecule has 3 aromatic heterocycles. The van der Waals surface area contributed by atoms with Crippen LogP contribution < -0.4 is 0 Å². The lowest BCUT2D eigenvalue weighted by Crippen LogP contribution is -2.01. The molecule has 0 spiro atoms. The number of aromatic nitrogens is 3. The Bertz CT molecular complexity index is 3400. The van der Waals surface area contributed by atoms with Gasteiger partial charge in [-0.05, 0) is 71.1 Å². The van der Waals surface area contributed by atoms with Crippen LogP contribution in [-0.2, 0) is 0 Å². The van der Waals surface area contributed by atoms with Crippen molar-refractivity contribution in [3.05, 3.63) is 199 Å². The van der Waals surface area contributed by atoms with Crippen LogP contribution in [0.4, 0.5) is 11.4 Å². The summed E-state index contributed by atoms with van der Waals surface area (Å²) in [7, 11) is 0. The van der Waals surface area contributed by atoms with E-state index < -0.39 is 0 Å². The fourth-order valence-corrected chi connectivity index (χ4v) is 8.78. The molecule has 0 amide bonds. The molecule has 5 heteroatoms. The molecule has 0 aliphatic rings. The molecule has 0 saturated carbocycles. The van der Waals surface area contributed by atoms with Gasteiger partial charge < -0.3 is 13.7 Å². The van der Waals surface area contributed by atoms with Crippen molar-refractivity contribution in [1.29, 1.82) is 0 Å². The number of para-hydroxylation sites is 6. The smallest absolute Gasteiger partial charge is 0.211 e. The Balaban J connectivity index is 1.15. The number of hydrogen-bond acceptors (Lipinski definition) is 0. The first-order valence-corrected chi connectivity index (χ1v) is 18.3. The maximum absolute atomic E-state index is 8.25. The fourth-order valence-electron chi connectivity index (χ4n) is 8.78. The van der Waals surface area contributed by atoms with E-state index in [1.54, 1.807) is 0 Å². The van der Waals surface area contributed by atoms with Crippen LogP contribution in [0.3, 0.4) is 0 Å². The second kappa shape index (κ2) is 11.8. The first-order chi connectivity index (χ1) is 27.2. The molecule has 0 saturated heterocycles. The van der Waals surface area contributed by atoms with Crippen LogP contribution in [0.25, 0.3) is 103 Å². The minimum absolute atomic E-state index is 0.566. The average Bonchev–Trinajstić information content (AvgIpc) is 3.89. The van der Waals surface area contributed by atoms with E-state index in [9.17, 15) is 0 Å². The third-order valence-corrected chi connectivity index (χ3v) is 11.1. The maximum Gasteiger partial charge on any atom is 0.211 e. The minimum atomic E-state index is 0.566. The Morgan fingerprint density at radius 3 is 1.55 bits per heavy atom. The van der Waals surface area contributed by atoms with Crippen molar-refractivity contribution in [2.75, 3.05) is 0 Å². The predicted molar refractivity (Wildman–Crippen MR) is 227 cm³/mol. The zero-order valence-electron chi connectivity index (χ0n) is 29.5. The summed E-state index contributed by atoms with van der Waals surface area (Å²) in [5.74, 6) is 0. The summed E-state index contributed by atoms with van der Waals surface area (Å²) < 4.78 is 7.00. The molecule has 5 nitrogen and oxygen atoms in total. The quantitative estimate of drug-likeness (QED) is 0.163. The molecule has 0 radical (unpaired) electrons. The molecular formula is C50H29N5. The molecule has 55 heavy (non-hydrogen) atoms. The summed E-state index contributed by atoms with van der Waals surface area (Å²) in [5.41, 5.74) is 12.7. The van der Waals surface area contributed by atoms with Gasteiger partial charge in [0, 0.05) is 32.6 Å². The van der Waals surface area contributed by atoms with Crippen molar-refractivity contribution in [3.8, 4) is 28.2 Å². The summed E-state index contributed by atoms with van der Waals surface area (Å²) >= 11 is 0. The van der Waals surface area contributed by atoms with E-state index in [0.29, 0.717) is 11.4 Å². The van der Waals surface area contributed by atoms with Gasteiger partial charge in [0.05, 0.1) is 57.6 Å². The molecule has 11 aromatic rings. The van der Waals surface area contributed by atoms with Crippen LogP contribution in [-0.4, -0.2) is 13.7 Å². The monoisotopic (exact) mass is 699 g/mol. The maximum atomic E-state index is 8.25. The molecule has 8 aromatic carbocycles. The van der Waals surface area contributed by atoms with Gasteiger partial charge in [0.2, 0.25) is 5.69 Å². The van der Waals surface area contributed by atoms with Crippen molar-refractivity contribution in [1.82, 2.24) is 13.7 Å². The minimum Gasteiger partial charge on any atom is -0.318 e. The number of nitrogens with zero attached hydrogens (tertiary/aromatic N) is 5. The molecule has 0 atom stereocenters. The molecule has 0 N–H and O–H groups in total. The summed E-state index contributed by atoms with van der Waals surface area (Å²) in [4.78, 5) is 7.75. The Morgan fingerprint density at radius 1 is 0.382 bits per heavy atom. The van der Waals surface area contributed by atoms with Gasteiger partial charge in [-0.25, -0.2) is 9.69 Å². The average molecular weight is 700 g/mol. The van der Waals surface area contributed by atoms with Crippen LogP contribution in [0.2, 0.25) is 0 Å². The second-order valence-electron chi connectivity index (χ2n) is 13.9. The number of benzene rings is 8. The lowest BCUT2D eigenvalue weighted by atomic mass is 10.0. The summed E-state index contributed by atoms with van der Waals surface area (Å²) in [6.07, 6.45) is 0. The van der Waals surface area contributed by atoms with Gasteiger partial charge in [-0.3, -0.25) is 0 Å². The van der Waals surface area contributed by atoms with Gasteiger partial charge in [0.15, 0.2) is 5.69 Å². The highest BCUT2D eigenvalue weighted by molar-refractivity contribution is 6.15. The van der Waals surface area contributed by atoms with Crippen LogP contribution in [0.5, 0.6) is 0 Å². The first kappa shape index (κ1) is 30.7. The molecule has 11 rings (SSSR count). The van der Waals surface area contributed by atoms with Crippen molar-refractivity contribution >= 4 is 76.8 Å². The molecular weight excluding hydrogens is 671 g/mol. The largest absolute Gasteiger partial charge is 0.318 e. The third kappa shape index (κ3) is 4.39. The summed E-state index contributed by atoms with van der Waals surface area (Å²) in [6.45, 7) is 15.9. The van der Waals surface area contributed by atoms with E-state index >= 15 is 0 Å². The van der Waals surface area contributed by atoms with Crippen LogP contribution >= 0.6 is 0 Å². The molecule has 0 fully saturated rings. The van der Waals surface area contributed by atoms with Crippen molar-refractivity contribution < 1.29 is 0 Å². The van der Waals surface area contributed by atoms with E-state index in [4.69, 9.17) is 13.1 Å². The number of hydrogen-bond donors (Lipinski definition) is 0. The topological polar surface area (TPSA) is 23.5 Å². The molecule has 3 heterocycles. The van der Waals surface area contributed by atoms with Crippen molar-refractivity contribution in [2.24, 2.45) is 0 Å². The second-order valence-corrected chi connectivity index (χ2v) is 13.9. The lowest BCUT2D eigenvalue weighted by Gasteiger charge is -2.17. The highest BCUT2D eigenvalue weighted by Crippen LogP contribution is 2.43. The number of fused-ring (bicyclic) bond motifs is 9. The highest BCUT2D eigenvalue weighted by atomic mass is 15.1. The van der Waals surface area contributed by atoms with Gasteiger partial charge in [0.25, 0.3) is 0 Å². The predicted octanol–water partition coefficient (Wildman–Crippen LogP) is 13.7. The first-order valence-electron chi connectivity index (χ1n) is 18.3. The van der Waals surface area contributed by atoms with Gasteiger partial charge in [-0.1, -0.05) is 121 Å². The lowest BCUT2D eigenvalue weighted by molar-refractivity contribution is 1.13. The molecule has 0 aliphatic carbocycles. The van der Waals surface area contributed by atoms with Crippen molar-refractivity contribution in [3.63, 3.8) is 0 Å². The van der Waals surface area contributed by atoms with Gasteiger partial charge in [-0.2, -0.15) is 0 Å². The van der Waals surface area contributed by atoms with Crippen LogP contribution in [0, 0.1) is 13.1 Å².